The van der Waals surface area contributed by atoms with Crippen LogP contribution < -0.4 is 4.74 Å². The van der Waals surface area contributed by atoms with Crippen LogP contribution in [0.2, 0.25) is 0 Å². The van der Waals surface area contributed by atoms with Gasteiger partial charge in [0.2, 0.25) is 6.41 Å². The smallest absolute Gasteiger partial charge is 0.210 e. The van der Waals surface area contributed by atoms with Crippen LogP contribution in [0, 0.1) is 0 Å². The molecule has 3 nitrogen and oxygen atoms in total. The lowest BCUT2D eigenvalue weighted by Gasteiger charge is -2.39. The Bertz CT molecular complexity index is 630. The van der Waals surface area contributed by atoms with Crippen molar-refractivity contribution in [2.45, 2.75) is 37.8 Å². The first-order chi connectivity index (χ1) is 11.3. The minimum atomic E-state index is -0.164. The van der Waals surface area contributed by atoms with E-state index in [1.807, 2.05) is 35.2 Å². The summed E-state index contributed by atoms with van der Waals surface area (Å²) in [5.41, 5.74) is 2.21. The van der Waals surface area contributed by atoms with Crippen molar-refractivity contribution in [1.29, 1.82) is 0 Å². The van der Waals surface area contributed by atoms with Gasteiger partial charge in [-0.15, -0.1) is 0 Å². The Balaban J connectivity index is 1.88. The summed E-state index contributed by atoms with van der Waals surface area (Å²) in [5, 5.41) is 0. The first-order valence-electron chi connectivity index (χ1n) is 8.19. The second-order valence-corrected chi connectivity index (χ2v) is 6.19. The topological polar surface area (TPSA) is 29.5 Å². The highest BCUT2D eigenvalue weighted by Crippen LogP contribution is 2.43. The normalized spacial score (nSPS) is 16.0. The van der Waals surface area contributed by atoms with Crippen LogP contribution in [0.1, 0.15) is 36.8 Å². The molecule has 0 atom stereocenters. The summed E-state index contributed by atoms with van der Waals surface area (Å²) < 4.78 is 5.21. The summed E-state index contributed by atoms with van der Waals surface area (Å²) in [4.78, 5) is 13.9. The van der Waals surface area contributed by atoms with Crippen molar-refractivity contribution in [3.8, 4) is 5.75 Å². The second-order valence-electron chi connectivity index (χ2n) is 6.19. The van der Waals surface area contributed by atoms with Gasteiger partial charge in [0, 0.05) is 6.54 Å². The van der Waals surface area contributed by atoms with E-state index in [2.05, 4.69) is 24.3 Å². The third kappa shape index (κ3) is 3.09. The molecule has 0 aliphatic heterocycles. The zero-order valence-corrected chi connectivity index (χ0v) is 13.6. The minimum absolute atomic E-state index is 0.164. The molecule has 1 amide bonds. The Hall–Kier alpha value is -2.29. The van der Waals surface area contributed by atoms with Crippen LogP contribution in [0.4, 0.5) is 0 Å². The molecule has 23 heavy (non-hydrogen) atoms. The molecule has 0 N–H and O–H groups in total. The monoisotopic (exact) mass is 309 g/mol. The number of hydrogen-bond acceptors (Lipinski definition) is 2. The first kappa shape index (κ1) is 15.6. The molecule has 1 saturated carbocycles. The van der Waals surface area contributed by atoms with Gasteiger partial charge in [-0.05, 0) is 36.1 Å². The summed E-state index contributed by atoms with van der Waals surface area (Å²) in [5.74, 6) is 0.838. The van der Waals surface area contributed by atoms with E-state index in [-0.39, 0.29) is 5.54 Å². The number of hydrogen-bond donors (Lipinski definition) is 0. The van der Waals surface area contributed by atoms with E-state index in [4.69, 9.17) is 4.74 Å². The zero-order valence-electron chi connectivity index (χ0n) is 13.6. The zero-order chi connectivity index (χ0) is 16.1. The summed E-state index contributed by atoms with van der Waals surface area (Å²) >= 11 is 0. The molecule has 0 spiro atoms. The standard InChI is InChI=1S/C20H23NO2/c1-23-19-11-9-17(10-12-19)15-21(16-22)20(13-5-6-14-20)18-7-3-2-4-8-18/h2-4,7-12,16H,5-6,13-15H2,1H3. The molecular formula is C20H23NO2. The van der Waals surface area contributed by atoms with Crippen LogP contribution in [-0.2, 0) is 16.9 Å². The molecule has 0 unspecified atom stereocenters. The number of amides is 1. The fourth-order valence-corrected chi connectivity index (χ4v) is 3.67. The van der Waals surface area contributed by atoms with E-state index in [0.717, 1.165) is 30.6 Å². The van der Waals surface area contributed by atoms with E-state index >= 15 is 0 Å². The molecule has 3 rings (SSSR count). The highest BCUT2D eigenvalue weighted by atomic mass is 16.5. The number of benzene rings is 2. The van der Waals surface area contributed by atoms with Crippen LogP contribution in [0.25, 0.3) is 0 Å². The van der Waals surface area contributed by atoms with Gasteiger partial charge < -0.3 is 9.64 Å². The molecule has 0 aromatic heterocycles. The second kappa shape index (κ2) is 6.86. The Morgan fingerprint density at radius 1 is 1.04 bits per heavy atom. The van der Waals surface area contributed by atoms with Crippen molar-refractivity contribution >= 4 is 6.41 Å². The SMILES string of the molecule is COc1ccc(CN(C=O)C2(c3ccccc3)CCCC2)cc1. The van der Waals surface area contributed by atoms with Gasteiger partial charge in [-0.3, -0.25) is 4.79 Å². The number of ether oxygens (including phenoxy) is 1. The van der Waals surface area contributed by atoms with Gasteiger partial charge in [-0.1, -0.05) is 55.3 Å². The molecule has 1 aliphatic carbocycles. The van der Waals surface area contributed by atoms with Crippen LogP contribution in [-0.4, -0.2) is 18.4 Å². The maximum Gasteiger partial charge on any atom is 0.210 e. The maximum absolute atomic E-state index is 11.9. The quantitative estimate of drug-likeness (QED) is 0.751. The van der Waals surface area contributed by atoms with Crippen molar-refractivity contribution in [2.24, 2.45) is 0 Å². The number of nitrogens with zero attached hydrogens (tertiary/aromatic N) is 1. The Morgan fingerprint density at radius 2 is 1.70 bits per heavy atom. The summed E-state index contributed by atoms with van der Waals surface area (Å²) in [6.45, 7) is 0.627. The van der Waals surface area contributed by atoms with Crippen molar-refractivity contribution < 1.29 is 9.53 Å². The molecule has 1 aliphatic rings. The fourth-order valence-electron chi connectivity index (χ4n) is 3.67. The lowest BCUT2D eigenvalue weighted by atomic mass is 9.86. The number of rotatable bonds is 6. The molecule has 0 saturated heterocycles. The molecule has 2 aromatic carbocycles. The molecule has 2 aromatic rings. The van der Waals surface area contributed by atoms with E-state index in [9.17, 15) is 4.79 Å². The van der Waals surface area contributed by atoms with Crippen LogP contribution in [0.15, 0.2) is 54.6 Å². The minimum Gasteiger partial charge on any atom is -0.497 e. The number of carbonyl (C=O) groups excluding carboxylic acids is 1. The highest BCUT2D eigenvalue weighted by Gasteiger charge is 2.40. The fraction of sp³-hybridized carbons (Fsp3) is 0.350. The average molecular weight is 309 g/mol. The van der Waals surface area contributed by atoms with Gasteiger partial charge in [0.05, 0.1) is 12.6 Å². The Labute approximate surface area is 137 Å². The van der Waals surface area contributed by atoms with Crippen LogP contribution in [0.5, 0.6) is 5.75 Å². The number of carbonyl (C=O) groups is 1. The van der Waals surface area contributed by atoms with Gasteiger partial charge in [-0.2, -0.15) is 0 Å². The van der Waals surface area contributed by atoms with Gasteiger partial charge in [-0.25, -0.2) is 0 Å². The summed E-state index contributed by atoms with van der Waals surface area (Å²) in [7, 11) is 1.66. The third-order valence-corrected chi connectivity index (χ3v) is 4.93. The molecule has 0 radical (unpaired) electrons. The third-order valence-electron chi connectivity index (χ3n) is 4.93. The Kier molecular flexibility index (Phi) is 4.65. The molecule has 1 fully saturated rings. The Morgan fingerprint density at radius 3 is 2.26 bits per heavy atom. The van der Waals surface area contributed by atoms with Gasteiger partial charge >= 0.3 is 0 Å². The molecule has 3 heteroatoms. The maximum atomic E-state index is 11.9. The van der Waals surface area contributed by atoms with Crippen LogP contribution in [0.3, 0.4) is 0 Å². The van der Waals surface area contributed by atoms with Crippen molar-refractivity contribution in [1.82, 2.24) is 4.90 Å². The molecule has 120 valence electrons. The summed E-state index contributed by atoms with van der Waals surface area (Å²) in [6.07, 6.45) is 5.42. The van der Waals surface area contributed by atoms with E-state index in [0.29, 0.717) is 6.54 Å². The van der Waals surface area contributed by atoms with E-state index < -0.39 is 0 Å². The lowest BCUT2D eigenvalue weighted by molar-refractivity contribution is -0.125. The first-order valence-corrected chi connectivity index (χ1v) is 8.19. The van der Waals surface area contributed by atoms with Crippen LogP contribution >= 0.6 is 0 Å². The molecular weight excluding hydrogens is 286 g/mol. The van der Waals surface area contributed by atoms with Gasteiger partial charge in [0.25, 0.3) is 0 Å². The number of methoxy groups -OCH3 is 1. The van der Waals surface area contributed by atoms with Crippen molar-refractivity contribution in [3.63, 3.8) is 0 Å². The average Bonchev–Trinajstić information content (AvgIpc) is 3.12. The predicted molar refractivity (Wildman–Crippen MR) is 91.2 cm³/mol. The van der Waals surface area contributed by atoms with Gasteiger partial charge in [0.1, 0.15) is 5.75 Å². The van der Waals surface area contributed by atoms with Gasteiger partial charge in [0.15, 0.2) is 0 Å². The highest BCUT2D eigenvalue weighted by molar-refractivity contribution is 5.51. The van der Waals surface area contributed by atoms with E-state index in [1.54, 1.807) is 7.11 Å². The van der Waals surface area contributed by atoms with E-state index in [1.165, 1.54) is 18.4 Å². The van der Waals surface area contributed by atoms with Crippen molar-refractivity contribution in [3.05, 3.63) is 65.7 Å². The molecule has 0 bridgehead atoms. The molecule has 0 heterocycles. The lowest BCUT2D eigenvalue weighted by Crippen LogP contribution is -2.42. The summed E-state index contributed by atoms with van der Waals surface area (Å²) in [6, 6.07) is 18.4. The largest absolute Gasteiger partial charge is 0.497 e. The predicted octanol–water partition coefficient (Wildman–Crippen LogP) is 4.12. The van der Waals surface area contributed by atoms with Crippen molar-refractivity contribution in [2.75, 3.05) is 7.11 Å².